The molecule has 0 fully saturated rings. The second-order valence-electron chi connectivity index (χ2n) is 4.63. The number of amides is 1. The molecular weight excluding hydrogens is 287 g/mol. The van der Waals surface area contributed by atoms with Gasteiger partial charge in [0.25, 0.3) is 0 Å². The molecule has 112 valence electrons. The van der Waals surface area contributed by atoms with Crippen LogP contribution in [0.15, 0.2) is 29.1 Å². The van der Waals surface area contributed by atoms with Gasteiger partial charge in [-0.1, -0.05) is 13.8 Å². The summed E-state index contributed by atoms with van der Waals surface area (Å²) < 4.78 is 43.6. The van der Waals surface area contributed by atoms with Crippen molar-refractivity contribution in [2.75, 3.05) is 5.32 Å². The van der Waals surface area contributed by atoms with E-state index >= 15 is 0 Å². The van der Waals surface area contributed by atoms with Gasteiger partial charge in [0.15, 0.2) is 12.2 Å². The van der Waals surface area contributed by atoms with E-state index in [0.717, 1.165) is 18.5 Å². The molecular formula is C13H12F3N3O2. The summed E-state index contributed by atoms with van der Waals surface area (Å²) in [5, 5.41) is 2.34. The van der Waals surface area contributed by atoms with E-state index in [0.29, 0.717) is 0 Å². The van der Waals surface area contributed by atoms with Crippen molar-refractivity contribution in [3.05, 3.63) is 30.3 Å². The van der Waals surface area contributed by atoms with Crippen molar-refractivity contribution in [3.63, 3.8) is 0 Å². The van der Waals surface area contributed by atoms with Crippen LogP contribution >= 0.6 is 0 Å². The molecule has 0 saturated heterocycles. The van der Waals surface area contributed by atoms with Gasteiger partial charge in [0.1, 0.15) is 11.5 Å². The van der Waals surface area contributed by atoms with E-state index in [4.69, 9.17) is 4.42 Å². The van der Waals surface area contributed by atoms with Gasteiger partial charge in [0.2, 0.25) is 5.91 Å². The number of carbonyl (C=O) groups excluding carboxylic acids is 1. The average molecular weight is 299 g/mol. The molecule has 2 rings (SSSR count). The Bertz CT molecular complexity index is 637. The second-order valence-corrected chi connectivity index (χ2v) is 4.63. The molecule has 8 heteroatoms. The summed E-state index contributed by atoms with van der Waals surface area (Å²) in [4.78, 5) is 19.2. The number of oxazole rings is 1. The molecule has 0 bridgehead atoms. The maximum Gasteiger partial charge on any atom is 0.416 e. The van der Waals surface area contributed by atoms with Crippen molar-refractivity contribution in [1.82, 2.24) is 9.97 Å². The quantitative estimate of drug-likeness (QED) is 0.943. The lowest BCUT2D eigenvalue weighted by molar-refractivity contribution is -0.137. The Kier molecular flexibility index (Phi) is 3.97. The zero-order chi connectivity index (χ0) is 15.6. The van der Waals surface area contributed by atoms with Gasteiger partial charge in [-0.25, -0.2) is 9.97 Å². The topological polar surface area (TPSA) is 68.0 Å². The van der Waals surface area contributed by atoms with Crippen LogP contribution in [0.1, 0.15) is 19.4 Å². The zero-order valence-corrected chi connectivity index (χ0v) is 11.2. The molecule has 0 aromatic carbocycles. The minimum atomic E-state index is -4.56. The molecule has 2 heterocycles. The molecule has 1 N–H and O–H groups in total. The van der Waals surface area contributed by atoms with Crippen LogP contribution in [0.25, 0.3) is 11.5 Å². The predicted octanol–water partition coefficient (Wildman–Crippen LogP) is 3.35. The molecule has 0 atom stereocenters. The Morgan fingerprint density at radius 3 is 2.57 bits per heavy atom. The Labute approximate surface area is 118 Å². The number of aromatic nitrogens is 2. The summed E-state index contributed by atoms with van der Waals surface area (Å²) >= 11 is 0. The third-order valence-electron chi connectivity index (χ3n) is 2.61. The number of alkyl halides is 3. The lowest BCUT2D eigenvalue weighted by Gasteiger charge is -2.12. The molecule has 1 amide bonds. The second kappa shape index (κ2) is 5.55. The van der Waals surface area contributed by atoms with Gasteiger partial charge < -0.3 is 9.73 Å². The van der Waals surface area contributed by atoms with Gasteiger partial charge >= 0.3 is 6.18 Å². The average Bonchev–Trinajstić information content (AvgIpc) is 2.91. The maximum atomic E-state index is 12.9. The van der Waals surface area contributed by atoms with Crippen LogP contribution in [0.2, 0.25) is 0 Å². The molecule has 21 heavy (non-hydrogen) atoms. The highest BCUT2D eigenvalue weighted by atomic mass is 19.4. The summed E-state index contributed by atoms with van der Waals surface area (Å²) in [7, 11) is 0. The maximum absolute atomic E-state index is 12.9. The third kappa shape index (κ3) is 3.59. The first kappa shape index (κ1) is 15.0. The van der Waals surface area contributed by atoms with Crippen LogP contribution in [0.4, 0.5) is 19.0 Å². The van der Waals surface area contributed by atoms with Crippen LogP contribution in [-0.2, 0) is 11.0 Å². The Hall–Kier alpha value is -2.38. The molecule has 0 unspecified atom stereocenters. The largest absolute Gasteiger partial charge is 0.442 e. The summed E-state index contributed by atoms with van der Waals surface area (Å²) in [6.45, 7) is 3.25. The normalized spacial score (nSPS) is 11.7. The molecule has 0 spiro atoms. The lowest BCUT2D eigenvalue weighted by Crippen LogP contribution is -2.19. The van der Waals surface area contributed by atoms with E-state index in [1.807, 2.05) is 0 Å². The first-order chi connectivity index (χ1) is 9.77. The molecule has 0 aliphatic rings. The minimum absolute atomic E-state index is 0.0543. The van der Waals surface area contributed by atoms with Crippen LogP contribution in [0.5, 0.6) is 0 Å². The first-order valence-corrected chi connectivity index (χ1v) is 6.06. The van der Waals surface area contributed by atoms with Gasteiger partial charge in [-0.05, 0) is 12.1 Å². The smallest absolute Gasteiger partial charge is 0.416 e. The third-order valence-corrected chi connectivity index (χ3v) is 2.61. The number of carbonyl (C=O) groups is 1. The van der Waals surface area contributed by atoms with Crippen LogP contribution in [0, 0.1) is 5.92 Å². The van der Waals surface area contributed by atoms with Crippen molar-refractivity contribution < 1.29 is 22.4 Å². The van der Waals surface area contributed by atoms with Gasteiger partial charge in [-0.2, -0.15) is 13.2 Å². The number of nitrogens with zero attached hydrogens (tertiary/aromatic N) is 2. The minimum Gasteiger partial charge on any atom is -0.442 e. The summed E-state index contributed by atoms with van der Waals surface area (Å²) in [5.41, 5.74) is -0.982. The number of anilines is 1. The van der Waals surface area contributed by atoms with E-state index in [1.165, 1.54) is 6.20 Å². The highest BCUT2D eigenvalue weighted by Crippen LogP contribution is 2.33. The van der Waals surface area contributed by atoms with Gasteiger partial charge in [-0.15, -0.1) is 0 Å². The monoisotopic (exact) mass is 299 g/mol. The fourth-order valence-corrected chi connectivity index (χ4v) is 1.50. The van der Waals surface area contributed by atoms with E-state index in [1.54, 1.807) is 13.8 Å². The number of pyridine rings is 1. The number of hydrogen-bond donors (Lipinski definition) is 1. The van der Waals surface area contributed by atoms with Crippen molar-refractivity contribution in [2.45, 2.75) is 20.0 Å². The summed E-state index contributed by atoms with van der Waals surface area (Å²) in [6, 6.07) is 1.62. The van der Waals surface area contributed by atoms with Gasteiger partial charge in [0, 0.05) is 5.92 Å². The number of nitrogens with one attached hydrogen (secondary N) is 1. The van der Waals surface area contributed by atoms with Gasteiger partial charge in [-0.3, -0.25) is 4.79 Å². The zero-order valence-electron chi connectivity index (χ0n) is 11.2. The van der Waals surface area contributed by atoms with Crippen LogP contribution in [0.3, 0.4) is 0 Å². The fourth-order valence-electron chi connectivity index (χ4n) is 1.50. The van der Waals surface area contributed by atoms with Crippen molar-refractivity contribution >= 4 is 11.7 Å². The fraction of sp³-hybridized carbons (Fsp3) is 0.308. The highest BCUT2D eigenvalue weighted by Gasteiger charge is 2.32. The summed E-state index contributed by atoms with van der Waals surface area (Å²) in [5.74, 6) is -0.906. The van der Waals surface area contributed by atoms with Gasteiger partial charge in [0.05, 0.1) is 11.8 Å². The van der Waals surface area contributed by atoms with E-state index in [2.05, 4.69) is 15.3 Å². The Balaban J connectivity index is 2.45. The number of halogens is 3. The molecule has 2 aromatic rings. The van der Waals surface area contributed by atoms with E-state index < -0.39 is 17.6 Å². The lowest BCUT2D eigenvalue weighted by atomic mass is 10.1. The highest BCUT2D eigenvalue weighted by molar-refractivity contribution is 5.91. The molecule has 0 radical (unpaired) electrons. The SMILES string of the molecule is CC(C)C(=O)Nc1cc(C(F)(F)F)cc(-c2cnco2)n1. The van der Waals surface area contributed by atoms with Crippen LogP contribution in [-0.4, -0.2) is 15.9 Å². The molecule has 0 saturated carbocycles. The number of rotatable bonds is 3. The molecule has 0 aliphatic heterocycles. The molecule has 2 aromatic heterocycles. The molecule has 0 aliphatic carbocycles. The predicted molar refractivity (Wildman–Crippen MR) is 68.2 cm³/mol. The van der Waals surface area contributed by atoms with E-state index in [9.17, 15) is 18.0 Å². The Morgan fingerprint density at radius 2 is 2.05 bits per heavy atom. The summed E-state index contributed by atoms with van der Waals surface area (Å²) in [6.07, 6.45) is -2.23. The number of hydrogen-bond acceptors (Lipinski definition) is 4. The van der Waals surface area contributed by atoms with Crippen LogP contribution < -0.4 is 5.32 Å². The first-order valence-electron chi connectivity index (χ1n) is 6.06. The van der Waals surface area contributed by atoms with Crippen molar-refractivity contribution in [2.24, 2.45) is 5.92 Å². The van der Waals surface area contributed by atoms with E-state index in [-0.39, 0.29) is 23.2 Å². The van der Waals surface area contributed by atoms with Crippen molar-refractivity contribution in [1.29, 1.82) is 0 Å². The Morgan fingerprint density at radius 1 is 1.33 bits per heavy atom. The standard InChI is InChI=1S/C13H12F3N3O2/c1-7(2)12(20)19-11-4-8(13(14,15)16)3-9(18-11)10-5-17-6-21-10/h3-7H,1-2H3,(H,18,19,20). The molecule has 5 nitrogen and oxygen atoms in total. The van der Waals surface area contributed by atoms with Crippen molar-refractivity contribution in [3.8, 4) is 11.5 Å².